The van der Waals surface area contributed by atoms with Gasteiger partial charge in [-0.05, 0) is 33.1 Å². The van der Waals surface area contributed by atoms with Gasteiger partial charge in [0, 0.05) is 13.1 Å². The van der Waals surface area contributed by atoms with E-state index in [1.54, 1.807) is 20.8 Å². The van der Waals surface area contributed by atoms with Crippen molar-refractivity contribution < 1.29 is 21.8 Å². The van der Waals surface area contributed by atoms with E-state index in [2.05, 4.69) is 0 Å². The van der Waals surface area contributed by atoms with Crippen LogP contribution in [0.15, 0.2) is 0 Å². The summed E-state index contributed by atoms with van der Waals surface area (Å²) < 4.78 is 38.6. The van der Waals surface area contributed by atoms with Gasteiger partial charge in [0.05, 0.1) is 5.75 Å². The first-order valence-corrected chi connectivity index (χ1v) is 7.02. The Bertz CT molecular complexity index is 388. The molecule has 1 saturated heterocycles. The van der Waals surface area contributed by atoms with E-state index in [0.717, 1.165) is 0 Å². The summed E-state index contributed by atoms with van der Waals surface area (Å²) in [7, 11) is -4.47. The zero-order chi connectivity index (χ0) is 13.3. The standard InChI is InChI=1S/C10H18FNO4S/c1-10(2,3)16-9(13)12-5-4-8(6-12)7-17(11,14)15/h8H,4-7H2,1-3H3. The third-order valence-electron chi connectivity index (χ3n) is 2.37. The summed E-state index contributed by atoms with van der Waals surface area (Å²) >= 11 is 0. The highest BCUT2D eigenvalue weighted by Crippen LogP contribution is 2.21. The van der Waals surface area contributed by atoms with Crippen LogP contribution >= 0.6 is 0 Å². The molecule has 1 unspecified atom stereocenters. The van der Waals surface area contributed by atoms with Crippen LogP contribution in [0.5, 0.6) is 0 Å². The smallest absolute Gasteiger partial charge is 0.410 e. The van der Waals surface area contributed by atoms with E-state index >= 15 is 0 Å². The molecule has 7 heteroatoms. The first-order chi connectivity index (χ1) is 7.57. The minimum atomic E-state index is -4.47. The molecule has 0 saturated carbocycles. The van der Waals surface area contributed by atoms with Crippen LogP contribution in [0.2, 0.25) is 0 Å². The molecule has 5 nitrogen and oxygen atoms in total. The van der Waals surface area contributed by atoms with Gasteiger partial charge in [0.15, 0.2) is 0 Å². The van der Waals surface area contributed by atoms with Crippen LogP contribution in [-0.4, -0.2) is 43.9 Å². The number of halogens is 1. The average molecular weight is 267 g/mol. The second kappa shape index (κ2) is 4.80. The van der Waals surface area contributed by atoms with Gasteiger partial charge in [0.1, 0.15) is 5.60 Å². The number of nitrogens with zero attached hydrogens (tertiary/aromatic N) is 1. The van der Waals surface area contributed by atoms with Gasteiger partial charge < -0.3 is 9.64 Å². The molecule has 17 heavy (non-hydrogen) atoms. The molecule has 0 bridgehead atoms. The molecule has 0 aromatic heterocycles. The predicted molar refractivity (Wildman–Crippen MR) is 60.8 cm³/mol. The van der Waals surface area contributed by atoms with E-state index in [9.17, 15) is 17.1 Å². The molecule has 1 atom stereocenters. The highest BCUT2D eigenvalue weighted by molar-refractivity contribution is 7.86. The highest BCUT2D eigenvalue weighted by atomic mass is 32.3. The predicted octanol–water partition coefficient (Wildman–Crippen LogP) is 1.54. The van der Waals surface area contributed by atoms with Gasteiger partial charge in [-0.3, -0.25) is 0 Å². The normalized spacial score (nSPS) is 21.6. The van der Waals surface area contributed by atoms with Crippen molar-refractivity contribution in [1.29, 1.82) is 0 Å². The van der Waals surface area contributed by atoms with Crippen molar-refractivity contribution in [2.24, 2.45) is 5.92 Å². The van der Waals surface area contributed by atoms with Gasteiger partial charge >= 0.3 is 16.3 Å². The molecule has 1 heterocycles. The summed E-state index contributed by atoms with van der Waals surface area (Å²) in [5.74, 6) is -0.857. The minimum absolute atomic E-state index is 0.234. The topological polar surface area (TPSA) is 63.7 Å². The van der Waals surface area contributed by atoms with Crippen LogP contribution < -0.4 is 0 Å². The van der Waals surface area contributed by atoms with E-state index in [0.29, 0.717) is 13.0 Å². The number of likely N-dealkylation sites (tertiary alicyclic amines) is 1. The molecule has 1 fully saturated rings. The Kier molecular flexibility index (Phi) is 4.01. The lowest BCUT2D eigenvalue weighted by Crippen LogP contribution is -2.35. The van der Waals surface area contributed by atoms with Gasteiger partial charge in [-0.2, -0.15) is 8.42 Å². The zero-order valence-electron chi connectivity index (χ0n) is 10.3. The average Bonchev–Trinajstić information content (AvgIpc) is 2.45. The van der Waals surface area contributed by atoms with Crippen molar-refractivity contribution in [1.82, 2.24) is 4.90 Å². The van der Waals surface area contributed by atoms with Gasteiger partial charge in [-0.15, -0.1) is 3.89 Å². The van der Waals surface area contributed by atoms with Gasteiger partial charge in [-0.1, -0.05) is 0 Å². The summed E-state index contributed by atoms with van der Waals surface area (Å²) in [6.45, 7) is 5.91. The van der Waals surface area contributed by atoms with E-state index in [4.69, 9.17) is 4.74 Å². The SMILES string of the molecule is CC(C)(C)OC(=O)N1CCC(CS(=O)(=O)F)C1. The van der Waals surface area contributed by atoms with Crippen LogP contribution in [0.3, 0.4) is 0 Å². The summed E-state index contributed by atoms with van der Waals surface area (Å²) in [5, 5.41) is 0. The summed E-state index contributed by atoms with van der Waals surface area (Å²) in [4.78, 5) is 13.1. The second-order valence-corrected chi connectivity index (χ2v) is 6.70. The molecule has 1 aliphatic heterocycles. The number of ether oxygens (including phenoxy) is 1. The van der Waals surface area contributed by atoms with Crippen molar-refractivity contribution in [3.05, 3.63) is 0 Å². The molecule has 0 radical (unpaired) electrons. The summed E-state index contributed by atoms with van der Waals surface area (Å²) in [6.07, 6.45) is 0.0128. The zero-order valence-corrected chi connectivity index (χ0v) is 11.1. The van der Waals surface area contributed by atoms with Crippen molar-refractivity contribution >= 4 is 16.3 Å². The van der Waals surface area contributed by atoms with Crippen LogP contribution in [0.4, 0.5) is 8.68 Å². The maximum atomic E-state index is 12.5. The molecule has 0 aromatic carbocycles. The number of hydrogen-bond donors (Lipinski definition) is 0. The molecule has 0 aliphatic carbocycles. The van der Waals surface area contributed by atoms with Crippen molar-refractivity contribution in [2.75, 3.05) is 18.8 Å². The number of carbonyl (C=O) groups is 1. The fraction of sp³-hybridized carbons (Fsp3) is 0.900. The molecule has 0 N–H and O–H groups in total. The third kappa shape index (κ3) is 5.34. The van der Waals surface area contributed by atoms with Crippen molar-refractivity contribution in [3.63, 3.8) is 0 Å². The Labute approximate surface area is 101 Å². The number of amides is 1. The maximum Gasteiger partial charge on any atom is 0.410 e. The lowest BCUT2D eigenvalue weighted by Gasteiger charge is -2.24. The summed E-state index contributed by atoms with van der Waals surface area (Å²) in [5.41, 5.74) is -0.582. The van der Waals surface area contributed by atoms with E-state index in [-0.39, 0.29) is 12.5 Å². The Morgan fingerprint density at radius 1 is 1.47 bits per heavy atom. The van der Waals surface area contributed by atoms with Gasteiger partial charge in [0.2, 0.25) is 0 Å². The molecule has 0 spiro atoms. The van der Waals surface area contributed by atoms with Gasteiger partial charge in [0.25, 0.3) is 0 Å². The van der Waals surface area contributed by atoms with E-state index in [1.807, 2.05) is 0 Å². The lowest BCUT2D eigenvalue weighted by molar-refractivity contribution is 0.0289. The molecule has 1 rings (SSSR count). The van der Waals surface area contributed by atoms with Crippen LogP contribution in [-0.2, 0) is 15.0 Å². The number of carbonyl (C=O) groups excluding carboxylic acids is 1. The second-order valence-electron chi connectivity index (χ2n) is 5.29. The third-order valence-corrected chi connectivity index (χ3v) is 3.24. The Morgan fingerprint density at radius 2 is 2.06 bits per heavy atom. The first-order valence-electron chi connectivity index (χ1n) is 5.47. The first kappa shape index (κ1) is 14.2. The quantitative estimate of drug-likeness (QED) is 0.712. The Hall–Kier alpha value is -0.850. The Morgan fingerprint density at radius 3 is 2.53 bits per heavy atom. The fourth-order valence-corrected chi connectivity index (χ4v) is 2.58. The lowest BCUT2D eigenvalue weighted by atomic mass is 10.2. The monoisotopic (exact) mass is 267 g/mol. The Balaban J connectivity index is 2.48. The molecule has 1 amide bonds. The summed E-state index contributed by atoms with van der Waals surface area (Å²) in [6, 6.07) is 0. The molecular weight excluding hydrogens is 249 g/mol. The molecule has 100 valence electrons. The van der Waals surface area contributed by atoms with Crippen LogP contribution in [0.25, 0.3) is 0 Å². The maximum absolute atomic E-state index is 12.5. The minimum Gasteiger partial charge on any atom is -0.444 e. The highest BCUT2D eigenvalue weighted by Gasteiger charge is 2.32. The van der Waals surface area contributed by atoms with Crippen molar-refractivity contribution in [3.8, 4) is 0 Å². The van der Waals surface area contributed by atoms with Crippen molar-refractivity contribution in [2.45, 2.75) is 32.8 Å². The number of hydrogen-bond acceptors (Lipinski definition) is 4. The molecule has 1 aliphatic rings. The largest absolute Gasteiger partial charge is 0.444 e. The fourth-order valence-electron chi connectivity index (χ4n) is 1.74. The van der Waals surface area contributed by atoms with Gasteiger partial charge in [-0.25, -0.2) is 4.79 Å². The molecule has 0 aromatic rings. The van der Waals surface area contributed by atoms with E-state index in [1.165, 1.54) is 4.90 Å². The molecular formula is C10H18FNO4S. The van der Waals surface area contributed by atoms with Crippen LogP contribution in [0.1, 0.15) is 27.2 Å². The van der Waals surface area contributed by atoms with E-state index < -0.39 is 27.7 Å². The number of rotatable bonds is 2. The van der Waals surface area contributed by atoms with Crippen LogP contribution in [0, 0.1) is 5.92 Å².